The molecule has 0 spiro atoms. The van der Waals surface area contributed by atoms with Gasteiger partial charge in [-0.15, -0.1) is 11.3 Å². The molecule has 7 heteroatoms. The molecule has 112 valence electrons. The lowest BCUT2D eigenvalue weighted by atomic mass is 10.2. The molecule has 0 radical (unpaired) electrons. The van der Waals surface area contributed by atoms with Crippen LogP contribution in [0.2, 0.25) is 5.02 Å². The minimum atomic E-state index is -0.211. The Hall–Kier alpha value is -2.18. The summed E-state index contributed by atoms with van der Waals surface area (Å²) in [5.41, 5.74) is 1.28. The summed E-state index contributed by atoms with van der Waals surface area (Å²) in [6.45, 7) is 0.408. The van der Waals surface area contributed by atoms with Crippen LogP contribution in [0.15, 0.2) is 46.8 Å². The summed E-state index contributed by atoms with van der Waals surface area (Å²) in [5, 5.41) is 7.53. The van der Waals surface area contributed by atoms with Crippen LogP contribution in [0, 0.1) is 0 Å². The average Bonchev–Trinajstić information content (AvgIpc) is 3.13. The molecule has 4 rings (SSSR count). The number of aromatic nitrogens is 4. The normalized spacial score (nSPS) is 11.0. The van der Waals surface area contributed by atoms with Crippen LogP contribution < -0.4 is 5.69 Å². The van der Waals surface area contributed by atoms with E-state index in [2.05, 4.69) is 10.1 Å². The predicted octanol–water partition coefficient (Wildman–Crippen LogP) is 3.44. The molecule has 1 aromatic carbocycles. The van der Waals surface area contributed by atoms with Crippen molar-refractivity contribution in [1.82, 2.24) is 19.2 Å². The zero-order valence-corrected chi connectivity index (χ0v) is 12.3. The summed E-state index contributed by atoms with van der Waals surface area (Å²) in [5.74, 6) is 0. The number of benzene rings is 1. The number of nitrogens with zero attached hydrogens (tertiary/aromatic N) is 4. The van der Waals surface area contributed by atoms with Crippen LogP contribution in [0.1, 0.15) is 13.0 Å². The van der Waals surface area contributed by atoms with Crippen LogP contribution in [0.4, 0.5) is 0 Å². The lowest BCUT2D eigenvalue weighted by Crippen LogP contribution is -2.27. The fraction of sp³-hybridized carbons (Fsp3) is 0.133. The molecule has 0 saturated carbocycles. The second-order valence-electron chi connectivity index (χ2n) is 4.60. The molecule has 0 bridgehead atoms. The van der Waals surface area contributed by atoms with E-state index in [9.17, 15) is 4.79 Å². The second-order valence-corrected chi connectivity index (χ2v) is 5.90. The summed E-state index contributed by atoms with van der Waals surface area (Å²) >= 11 is 7.71. The first-order valence-electron chi connectivity index (χ1n) is 6.29. The van der Waals surface area contributed by atoms with Gasteiger partial charge in [-0.25, -0.2) is 9.78 Å². The van der Waals surface area contributed by atoms with Gasteiger partial charge in [-0.05, 0) is 23.1 Å². The molecule has 0 aliphatic carbocycles. The van der Waals surface area contributed by atoms with E-state index in [0.29, 0.717) is 17.2 Å². The quantitative estimate of drug-likeness (QED) is 0.565. The van der Waals surface area contributed by atoms with Crippen LogP contribution in [0.5, 0.6) is 0 Å². The third kappa shape index (κ3) is 2.12. The Morgan fingerprint density at radius 1 is 1.23 bits per heavy atom. The summed E-state index contributed by atoms with van der Waals surface area (Å²) in [6, 6.07) is 9.47. The van der Waals surface area contributed by atoms with Crippen molar-refractivity contribution in [1.29, 1.82) is 0 Å². The van der Waals surface area contributed by atoms with Gasteiger partial charge < -0.3 is 0 Å². The van der Waals surface area contributed by atoms with E-state index in [1.807, 2.05) is 35.7 Å². The molecule has 22 heavy (non-hydrogen) atoms. The molecule has 3 aromatic heterocycles. The van der Waals surface area contributed by atoms with Crippen LogP contribution in [-0.4, -0.2) is 19.2 Å². The lowest BCUT2D eigenvalue weighted by Gasteiger charge is -2.09. The first-order valence-corrected chi connectivity index (χ1v) is 7.54. The van der Waals surface area contributed by atoms with Crippen molar-refractivity contribution < 1.29 is 0 Å². The van der Waals surface area contributed by atoms with E-state index in [4.69, 9.17) is 11.6 Å². The zero-order valence-electron chi connectivity index (χ0n) is 10.7. The second kappa shape index (κ2) is 5.55. The van der Waals surface area contributed by atoms with Crippen molar-refractivity contribution in [2.75, 3.05) is 0 Å². The molecule has 0 atom stereocenters. The number of thiophene rings is 1. The van der Waals surface area contributed by atoms with Gasteiger partial charge >= 0.3 is 5.69 Å². The molecule has 4 aromatic rings. The molecule has 0 aliphatic heterocycles. The van der Waals surface area contributed by atoms with Gasteiger partial charge in [-0.1, -0.05) is 37.2 Å². The number of halogens is 1. The standard InChI is InChI=1S/C14H9ClN4OS.CH4/c15-11-4-2-1-3-9(11)7-18-13-10(5-6-21-13)12-16-8-17-19(12)14(18)20;/h1-6,8H,7H2;1H4. The van der Waals surface area contributed by atoms with Crippen molar-refractivity contribution >= 4 is 38.8 Å². The Bertz CT molecular complexity index is 1020. The summed E-state index contributed by atoms with van der Waals surface area (Å²) in [6.07, 6.45) is 1.40. The van der Waals surface area contributed by atoms with E-state index in [0.717, 1.165) is 15.8 Å². The van der Waals surface area contributed by atoms with E-state index >= 15 is 0 Å². The molecular weight excluding hydrogens is 320 g/mol. The number of hydrogen-bond donors (Lipinski definition) is 0. The maximum Gasteiger partial charge on any atom is 0.352 e. The van der Waals surface area contributed by atoms with E-state index in [-0.39, 0.29) is 13.1 Å². The molecule has 0 amide bonds. The molecule has 5 nitrogen and oxygen atoms in total. The van der Waals surface area contributed by atoms with Crippen molar-refractivity contribution in [2.45, 2.75) is 14.0 Å². The minimum absolute atomic E-state index is 0. The highest BCUT2D eigenvalue weighted by Crippen LogP contribution is 2.24. The van der Waals surface area contributed by atoms with Crippen molar-refractivity contribution in [2.24, 2.45) is 0 Å². The Balaban J connectivity index is 0.00000144. The summed E-state index contributed by atoms with van der Waals surface area (Å²) < 4.78 is 3.01. The Labute approximate surface area is 135 Å². The first kappa shape index (κ1) is 14.7. The van der Waals surface area contributed by atoms with Crippen LogP contribution >= 0.6 is 22.9 Å². The molecule has 3 heterocycles. The molecule has 0 fully saturated rings. The molecule has 0 saturated heterocycles. The molecule has 0 aliphatic rings. The van der Waals surface area contributed by atoms with Gasteiger partial charge in [-0.2, -0.15) is 9.61 Å². The maximum atomic E-state index is 12.6. The smallest absolute Gasteiger partial charge is 0.278 e. The Morgan fingerprint density at radius 2 is 2.05 bits per heavy atom. The van der Waals surface area contributed by atoms with Gasteiger partial charge in [0.2, 0.25) is 0 Å². The molecule has 0 unspecified atom stereocenters. The predicted molar refractivity (Wildman–Crippen MR) is 89.9 cm³/mol. The minimum Gasteiger partial charge on any atom is -0.278 e. The van der Waals surface area contributed by atoms with E-state index < -0.39 is 0 Å². The summed E-state index contributed by atoms with van der Waals surface area (Å²) in [7, 11) is 0. The van der Waals surface area contributed by atoms with Crippen LogP contribution in [0.25, 0.3) is 15.9 Å². The topological polar surface area (TPSA) is 52.2 Å². The third-order valence-electron chi connectivity index (χ3n) is 3.38. The van der Waals surface area contributed by atoms with Crippen molar-refractivity contribution in [3.8, 4) is 0 Å². The van der Waals surface area contributed by atoms with Gasteiger partial charge in [0.15, 0.2) is 5.65 Å². The zero-order chi connectivity index (χ0) is 14.4. The monoisotopic (exact) mass is 332 g/mol. The average molecular weight is 333 g/mol. The highest BCUT2D eigenvalue weighted by atomic mass is 35.5. The van der Waals surface area contributed by atoms with Crippen molar-refractivity contribution in [3.05, 3.63) is 63.1 Å². The Morgan fingerprint density at radius 3 is 2.86 bits per heavy atom. The van der Waals surface area contributed by atoms with Gasteiger partial charge in [0.25, 0.3) is 0 Å². The number of rotatable bonds is 2. The Kier molecular flexibility index (Phi) is 3.72. The maximum absolute atomic E-state index is 12.6. The highest BCUT2D eigenvalue weighted by Gasteiger charge is 2.14. The van der Waals surface area contributed by atoms with E-state index in [1.54, 1.807) is 4.57 Å². The largest absolute Gasteiger partial charge is 0.352 e. The summed E-state index contributed by atoms with van der Waals surface area (Å²) in [4.78, 5) is 17.6. The first-order chi connectivity index (χ1) is 10.3. The van der Waals surface area contributed by atoms with Crippen LogP contribution in [-0.2, 0) is 6.54 Å². The molecule has 0 N–H and O–H groups in total. The number of hydrogen-bond acceptors (Lipinski definition) is 4. The fourth-order valence-electron chi connectivity index (χ4n) is 2.38. The SMILES string of the molecule is C.O=c1n(Cc2ccccc2Cl)c2sccc2c2ncnn12. The highest BCUT2D eigenvalue weighted by molar-refractivity contribution is 7.16. The van der Waals surface area contributed by atoms with Crippen LogP contribution in [0.3, 0.4) is 0 Å². The van der Waals surface area contributed by atoms with E-state index in [1.165, 1.54) is 22.2 Å². The van der Waals surface area contributed by atoms with Crippen molar-refractivity contribution in [3.63, 3.8) is 0 Å². The number of fused-ring (bicyclic) bond motifs is 3. The van der Waals surface area contributed by atoms with Gasteiger partial charge in [0.05, 0.1) is 11.9 Å². The van der Waals surface area contributed by atoms with Gasteiger partial charge in [-0.3, -0.25) is 4.57 Å². The molecular formula is C15H13ClN4OS. The van der Waals surface area contributed by atoms with Gasteiger partial charge in [0.1, 0.15) is 11.2 Å². The third-order valence-corrected chi connectivity index (χ3v) is 4.68. The lowest BCUT2D eigenvalue weighted by molar-refractivity contribution is 0.720. The van der Waals surface area contributed by atoms with Gasteiger partial charge in [0, 0.05) is 5.02 Å². The fourth-order valence-corrected chi connectivity index (χ4v) is 3.47.